The molecule has 0 aliphatic heterocycles. The molecule has 2 unspecified atom stereocenters. The summed E-state index contributed by atoms with van der Waals surface area (Å²) in [5.41, 5.74) is 0. The van der Waals surface area contributed by atoms with Gasteiger partial charge in [-0.3, -0.25) is 18.6 Å². The van der Waals surface area contributed by atoms with Crippen LogP contribution in [0.4, 0.5) is 0 Å². The first kappa shape index (κ1) is 48.5. The number of phosphoric acid groups is 1. The summed E-state index contributed by atoms with van der Waals surface area (Å²) < 4.78 is 31.9. The fourth-order valence-corrected chi connectivity index (χ4v) is 5.38. The smallest absolute Gasteiger partial charge is 0.462 e. The van der Waals surface area contributed by atoms with Crippen LogP contribution in [0.2, 0.25) is 0 Å². The van der Waals surface area contributed by atoms with E-state index in [0.717, 1.165) is 123 Å². The normalized spacial score (nSPS) is 14.2. The summed E-state index contributed by atoms with van der Waals surface area (Å²) in [5.74, 6) is -0.844. The second-order valence-corrected chi connectivity index (χ2v) is 14.2. The third-order valence-electron chi connectivity index (χ3n) is 7.92. The molecular weight excluding hydrogens is 663 g/mol. The molecular formula is C42H71O8P. The van der Waals surface area contributed by atoms with Gasteiger partial charge in [0.1, 0.15) is 6.61 Å². The number of allylic oxidation sites excluding steroid dienone is 12. The molecule has 292 valence electrons. The SMILES string of the molecule is CC/C=C\C/C=C\C/C=C\C/C=C\CCCCCCCCC(=O)OC(COC(=O)CCCCCCC/C=C\C/C=C\CCC)COP(=O)(O)OC. The van der Waals surface area contributed by atoms with Crippen molar-refractivity contribution in [3.05, 3.63) is 72.9 Å². The molecule has 1 N–H and O–H groups in total. The molecule has 0 saturated heterocycles. The van der Waals surface area contributed by atoms with Gasteiger partial charge in [-0.15, -0.1) is 0 Å². The van der Waals surface area contributed by atoms with Crippen molar-refractivity contribution in [2.75, 3.05) is 20.3 Å². The highest BCUT2D eigenvalue weighted by atomic mass is 31.2. The third kappa shape index (κ3) is 37.1. The molecule has 0 saturated carbocycles. The Bertz CT molecular complexity index is 1060. The molecule has 2 atom stereocenters. The number of carbonyl (C=O) groups is 2. The Hall–Kier alpha value is -2.51. The van der Waals surface area contributed by atoms with Gasteiger partial charge in [0.15, 0.2) is 6.10 Å². The van der Waals surface area contributed by atoms with Crippen molar-refractivity contribution in [3.63, 3.8) is 0 Å². The second kappa shape index (κ2) is 37.3. The van der Waals surface area contributed by atoms with E-state index in [0.29, 0.717) is 6.42 Å². The van der Waals surface area contributed by atoms with E-state index in [1.807, 2.05) is 0 Å². The number of phosphoric ester groups is 1. The van der Waals surface area contributed by atoms with E-state index in [2.05, 4.69) is 91.3 Å². The van der Waals surface area contributed by atoms with Gasteiger partial charge in [0, 0.05) is 20.0 Å². The Balaban J connectivity index is 4.10. The van der Waals surface area contributed by atoms with Crippen LogP contribution >= 0.6 is 7.82 Å². The zero-order valence-electron chi connectivity index (χ0n) is 32.2. The highest BCUT2D eigenvalue weighted by Crippen LogP contribution is 2.42. The van der Waals surface area contributed by atoms with Crippen LogP contribution in [-0.2, 0) is 32.7 Å². The van der Waals surface area contributed by atoms with Gasteiger partial charge in [-0.1, -0.05) is 138 Å². The quantitative estimate of drug-likeness (QED) is 0.0297. The molecule has 0 bridgehead atoms. The van der Waals surface area contributed by atoms with Crippen LogP contribution in [0.15, 0.2) is 72.9 Å². The monoisotopic (exact) mass is 734 g/mol. The summed E-state index contributed by atoms with van der Waals surface area (Å²) in [6.07, 6.45) is 46.6. The Kier molecular flexibility index (Phi) is 35.4. The van der Waals surface area contributed by atoms with Gasteiger partial charge in [0.05, 0.1) is 6.61 Å². The van der Waals surface area contributed by atoms with E-state index < -0.39 is 32.5 Å². The minimum atomic E-state index is -4.27. The highest BCUT2D eigenvalue weighted by Gasteiger charge is 2.24. The Morgan fingerprint density at radius 3 is 1.49 bits per heavy atom. The Morgan fingerprint density at radius 2 is 1.00 bits per heavy atom. The number of hydrogen-bond acceptors (Lipinski definition) is 7. The summed E-state index contributed by atoms with van der Waals surface area (Å²) in [7, 11) is -3.22. The molecule has 0 heterocycles. The van der Waals surface area contributed by atoms with Crippen molar-refractivity contribution in [2.24, 2.45) is 0 Å². The molecule has 0 aromatic carbocycles. The lowest BCUT2D eigenvalue weighted by Gasteiger charge is -2.19. The van der Waals surface area contributed by atoms with E-state index in [1.165, 1.54) is 6.42 Å². The zero-order valence-corrected chi connectivity index (χ0v) is 33.1. The van der Waals surface area contributed by atoms with Gasteiger partial charge in [-0.25, -0.2) is 4.57 Å². The molecule has 0 radical (unpaired) electrons. The number of rotatable bonds is 35. The lowest BCUT2D eigenvalue weighted by molar-refractivity contribution is -0.161. The lowest BCUT2D eigenvalue weighted by Crippen LogP contribution is -2.29. The first-order valence-electron chi connectivity index (χ1n) is 19.6. The van der Waals surface area contributed by atoms with Crippen LogP contribution in [-0.4, -0.2) is 43.3 Å². The van der Waals surface area contributed by atoms with Crippen LogP contribution in [0.1, 0.15) is 155 Å². The van der Waals surface area contributed by atoms with Crippen LogP contribution in [0.25, 0.3) is 0 Å². The number of carbonyl (C=O) groups excluding carboxylic acids is 2. The molecule has 0 amide bonds. The topological polar surface area (TPSA) is 108 Å². The summed E-state index contributed by atoms with van der Waals surface area (Å²) in [4.78, 5) is 34.4. The van der Waals surface area contributed by atoms with Gasteiger partial charge in [-0.2, -0.15) is 0 Å². The van der Waals surface area contributed by atoms with Crippen molar-refractivity contribution >= 4 is 19.8 Å². The molecule has 0 aromatic heterocycles. The molecule has 9 heteroatoms. The standard InChI is InChI=1S/C42H71O8P/c1-4-6-8-10-12-14-16-18-19-20-21-22-23-25-27-29-31-33-35-37-42(44)50-40(39-49-51(45,46)47-3)38-48-41(43)36-34-32-30-28-26-24-17-15-13-11-9-7-5-2/h6,8-9,11-12,14-15,17-19,21-22,40H,4-5,7,10,13,16,20,23-39H2,1-3H3,(H,45,46)/b8-6-,11-9-,14-12-,17-15-,19-18-,22-21-. The second-order valence-electron chi connectivity index (χ2n) is 12.7. The fourth-order valence-electron chi connectivity index (χ4n) is 4.92. The number of esters is 2. The van der Waals surface area contributed by atoms with Gasteiger partial charge in [0.25, 0.3) is 0 Å². The lowest BCUT2D eigenvalue weighted by atomic mass is 10.1. The largest absolute Gasteiger partial charge is 0.472 e. The molecule has 51 heavy (non-hydrogen) atoms. The average molecular weight is 735 g/mol. The number of hydrogen-bond donors (Lipinski definition) is 1. The minimum Gasteiger partial charge on any atom is -0.462 e. The van der Waals surface area contributed by atoms with Crippen LogP contribution < -0.4 is 0 Å². The predicted octanol–water partition coefficient (Wildman–Crippen LogP) is 12.2. The maximum Gasteiger partial charge on any atom is 0.472 e. The van der Waals surface area contributed by atoms with Crippen molar-refractivity contribution in [3.8, 4) is 0 Å². The summed E-state index contributed by atoms with van der Waals surface area (Å²) in [5, 5.41) is 0. The van der Waals surface area contributed by atoms with Crippen LogP contribution in [0, 0.1) is 0 Å². The van der Waals surface area contributed by atoms with Gasteiger partial charge < -0.3 is 14.4 Å². The number of ether oxygens (including phenoxy) is 2. The van der Waals surface area contributed by atoms with E-state index >= 15 is 0 Å². The highest BCUT2D eigenvalue weighted by molar-refractivity contribution is 7.47. The van der Waals surface area contributed by atoms with E-state index in [1.54, 1.807) is 0 Å². The van der Waals surface area contributed by atoms with Gasteiger partial charge >= 0.3 is 19.8 Å². The minimum absolute atomic E-state index is 0.221. The zero-order chi connectivity index (χ0) is 37.5. The molecule has 0 aliphatic rings. The molecule has 0 rings (SSSR count). The van der Waals surface area contributed by atoms with Crippen molar-refractivity contribution in [1.29, 1.82) is 0 Å². The molecule has 0 aliphatic carbocycles. The Morgan fingerprint density at radius 1 is 0.569 bits per heavy atom. The fraction of sp³-hybridized carbons (Fsp3) is 0.667. The maximum absolute atomic E-state index is 12.5. The summed E-state index contributed by atoms with van der Waals surface area (Å²) in [6, 6.07) is 0. The van der Waals surface area contributed by atoms with Crippen molar-refractivity contribution in [2.45, 2.75) is 161 Å². The van der Waals surface area contributed by atoms with E-state index in [-0.39, 0.29) is 19.4 Å². The third-order valence-corrected chi connectivity index (χ3v) is 8.85. The molecule has 8 nitrogen and oxygen atoms in total. The molecule has 0 aromatic rings. The summed E-state index contributed by atoms with van der Waals surface area (Å²) in [6.45, 7) is 3.67. The van der Waals surface area contributed by atoms with Gasteiger partial charge in [-0.05, 0) is 77.0 Å². The number of unbranched alkanes of at least 4 members (excludes halogenated alkanes) is 12. The first-order valence-corrected chi connectivity index (χ1v) is 21.1. The first-order chi connectivity index (χ1) is 24.8. The molecule has 0 spiro atoms. The average Bonchev–Trinajstić information content (AvgIpc) is 3.12. The Labute approximate surface area is 311 Å². The maximum atomic E-state index is 12.5. The molecule has 0 fully saturated rings. The van der Waals surface area contributed by atoms with E-state index in [9.17, 15) is 19.0 Å². The van der Waals surface area contributed by atoms with Crippen LogP contribution in [0.3, 0.4) is 0 Å². The summed E-state index contributed by atoms with van der Waals surface area (Å²) >= 11 is 0. The predicted molar refractivity (Wildman–Crippen MR) is 211 cm³/mol. The van der Waals surface area contributed by atoms with Crippen molar-refractivity contribution < 1.29 is 37.6 Å². The van der Waals surface area contributed by atoms with Crippen LogP contribution in [0.5, 0.6) is 0 Å². The van der Waals surface area contributed by atoms with Gasteiger partial charge in [0.2, 0.25) is 0 Å². The van der Waals surface area contributed by atoms with E-state index in [4.69, 9.17) is 14.0 Å². The van der Waals surface area contributed by atoms with Crippen molar-refractivity contribution in [1.82, 2.24) is 0 Å².